The molecule has 1 atom stereocenters. The van der Waals surface area contributed by atoms with Crippen LogP contribution in [0, 0.1) is 0 Å². The van der Waals surface area contributed by atoms with Gasteiger partial charge in [-0.3, -0.25) is 0 Å². The van der Waals surface area contributed by atoms with E-state index in [1.807, 2.05) is 0 Å². The van der Waals surface area contributed by atoms with Gasteiger partial charge < -0.3 is 15.0 Å². The quantitative estimate of drug-likeness (QED) is 0.751. The number of rotatable bonds is 6. The number of piperazine rings is 1. The fourth-order valence-electron chi connectivity index (χ4n) is 2.17. The Kier molecular flexibility index (Phi) is 5.73. The highest BCUT2D eigenvalue weighted by Gasteiger charge is 2.22. The maximum Gasteiger partial charge on any atom is 0.0634 e. The molecule has 1 heterocycles. The van der Waals surface area contributed by atoms with Crippen molar-refractivity contribution in [1.29, 1.82) is 0 Å². The van der Waals surface area contributed by atoms with E-state index in [2.05, 4.69) is 31.0 Å². The fourth-order valence-corrected chi connectivity index (χ4v) is 2.17. The minimum Gasteiger partial charge on any atom is -0.379 e. The molecular weight excluding hydrogens is 200 g/mol. The van der Waals surface area contributed by atoms with E-state index < -0.39 is 0 Å². The lowest BCUT2D eigenvalue weighted by Gasteiger charge is -2.35. The average Bonchev–Trinajstić information content (AvgIpc) is 2.28. The van der Waals surface area contributed by atoms with Gasteiger partial charge in [-0.2, -0.15) is 0 Å². The molecule has 0 amide bonds. The summed E-state index contributed by atoms with van der Waals surface area (Å²) in [6.45, 7) is 11.3. The molecule has 1 aliphatic rings. The molecule has 0 aromatic rings. The summed E-state index contributed by atoms with van der Waals surface area (Å²) in [6, 6.07) is 0.699. The van der Waals surface area contributed by atoms with Crippen LogP contribution in [0.2, 0.25) is 0 Å². The lowest BCUT2D eigenvalue weighted by Crippen LogP contribution is -2.51. The third kappa shape index (κ3) is 4.81. The van der Waals surface area contributed by atoms with Gasteiger partial charge in [0, 0.05) is 39.3 Å². The Balaban J connectivity index is 2.26. The van der Waals surface area contributed by atoms with Crippen molar-refractivity contribution < 1.29 is 4.74 Å². The van der Waals surface area contributed by atoms with Crippen molar-refractivity contribution in [3.05, 3.63) is 0 Å². The van der Waals surface area contributed by atoms with Crippen LogP contribution in [-0.4, -0.2) is 49.8 Å². The van der Waals surface area contributed by atoms with Crippen LogP contribution in [0.25, 0.3) is 0 Å². The topological polar surface area (TPSA) is 24.5 Å². The third-order valence-electron chi connectivity index (χ3n) is 3.56. The van der Waals surface area contributed by atoms with E-state index in [0.29, 0.717) is 6.04 Å². The number of ether oxygens (including phenoxy) is 1. The molecule has 1 saturated heterocycles. The normalized spacial score (nSPS) is 23.6. The summed E-state index contributed by atoms with van der Waals surface area (Å²) >= 11 is 0. The van der Waals surface area contributed by atoms with E-state index >= 15 is 0 Å². The predicted octanol–water partition coefficient (Wildman–Crippen LogP) is 1.88. The lowest BCUT2D eigenvalue weighted by atomic mass is 10.0. The molecule has 96 valence electrons. The Labute approximate surface area is 101 Å². The van der Waals surface area contributed by atoms with Gasteiger partial charge in [0.25, 0.3) is 0 Å². The van der Waals surface area contributed by atoms with Gasteiger partial charge in [-0.15, -0.1) is 0 Å². The number of methoxy groups -OCH3 is 1. The molecule has 1 N–H and O–H groups in total. The van der Waals surface area contributed by atoms with Gasteiger partial charge in [0.05, 0.1) is 5.60 Å². The van der Waals surface area contributed by atoms with E-state index in [1.54, 1.807) is 7.11 Å². The van der Waals surface area contributed by atoms with Crippen molar-refractivity contribution in [3.63, 3.8) is 0 Å². The first-order valence-corrected chi connectivity index (χ1v) is 6.58. The summed E-state index contributed by atoms with van der Waals surface area (Å²) in [7, 11) is 1.80. The molecule has 3 heteroatoms. The zero-order valence-corrected chi connectivity index (χ0v) is 11.4. The Bertz CT molecular complexity index is 192. The molecule has 0 aromatic carbocycles. The molecule has 0 aromatic heterocycles. The second-order valence-corrected chi connectivity index (χ2v) is 5.45. The van der Waals surface area contributed by atoms with E-state index in [4.69, 9.17) is 4.74 Å². The molecule has 0 aliphatic carbocycles. The zero-order valence-electron chi connectivity index (χ0n) is 11.4. The van der Waals surface area contributed by atoms with Crippen molar-refractivity contribution in [3.8, 4) is 0 Å². The monoisotopic (exact) mass is 228 g/mol. The summed E-state index contributed by atoms with van der Waals surface area (Å²) < 4.78 is 5.46. The number of nitrogens with one attached hydrogen (secondary N) is 1. The Hall–Kier alpha value is -0.120. The predicted molar refractivity (Wildman–Crippen MR) is 68.8 cm³/mol. The van der Waals surface area contributed by atoms with Crippen LogP contribution in [0.15, 0.2) is 0 Å². The standard InChI is InChI=1S/C13H28N2O/c1-5-6-12-11-15(10-8-14-12)9-7-13(2,3)16-4/h12,14H,5-11H2,1-4H3. The Morgan fingerprint density at radius 2 is 2.19 bits per heavy atom. The highest BCUT2D eigenvalue weighted by Crippen LogP contribution is 2.14. The SMILES string of the molecule is CCCC1CN(CCC(C)(C)OC)CCN1. The largest absolute Gasteiger partial charge is 0.379 e. The lowest BCUT2D eigenvalue weighted by molar-refractivity contribution is 0.00524. The molecule has 1 unspecified atom stereocenters. The van der Waals surface area contributed by atoms with E-state index in [-0.39, 0.29) is 5.60 Å². The average molecular weight is 228 g/mol. The summed E-state index contributed by atoms with van der Waals surface area (Å²) in [5.74, 6) is 0. The number of hydrogen-bond donors (Lipinski definition) is 1. The summed E-state index contributed by atoms with van der Waals surface area (Å²) in [5, 5.41) is 3.59. The van der Waals surface area contributed by atoms with Crippen molar-refractivity contribution >= 4 is 0 Å². The molecular formula is C13H28N2O. The van der Waals surface area contributed by atoms with Crippen molar-refractivity contribution in [1.82, 2.24) is 10.2 Å². The fraction of sp³-hybridized carbons (Fsp3) is 1.00. The molecule has 1 aliphatic heterocycles. The van der Waals surface area contributed by atoms with E-state index in [1.165, 1.54) is 25.9 Å². The molecule has 0 spiro atoms. The Morgan fingerprint density at radius 3 is 2.81 bits per heavy atom. The van der Waals surface area contributed by atoms with Crippen LogP contribution in [0.4, 0.5) is 0 Å². The summed E-state index contributed by atoms with van der Waals surface area (Å²) in [5.41, 5.74) is 0.0190. The summed E-state index contributed by atoms with van der Waals surface area (Å²) in [6.07, 6.45) is 3.68. The highest BCUT2D eigenvalue weighted by atomic mass is 16.5. The first-order valence-electron chi connectivity index (χ1n) is 6.58. The van der Waals surface area contributed by atoms with Crippen molar-refractivity contribution in [2.75, 3.05) is 33.3 Å². The molecule has 1 fully saturated rings. The van der Waals surface area contributed by atoms with Crippen LogP contribution in [-0.2, 0) is 4.74 Å². The Morgan fingerprint density at radius 1 is 1.44 bits per heavy atom. The maximum atomic E-state index is 5.46. The van der Waals surface area contributed by atoms with Crippen LogP contribution in [0.3, 0.4) is 0 Å². The molecule has 0 bridgehead atoms. The van der Waals surface area contributed by atoms with Crippen LogP contribution in [0.5, 0.6) is 0 Å². The van der Waals surface area contributed by atoms with Gasteiger partial charge in [0.15, 0.2) is 0 Å². The first kappa shape index (κ1) is 13.9. The van der Waals surface area contributed by atoms with E-state index in [9.17, 15) is 0 Å². The minimum absolute atomic E-state index is 0.0190. The molecule has 0 radical (unpaired) electrons. The molecule has 1 rings (SSSR count). The van der Waals surface area contributed by atoms with Crippen molar-refractivity contribution in [2.45, 2.75) is 51.7 Å². The highest BCUT2D eigenvalue weighted by molar-refractivity contribution is 4.80. The number of nitrogens with zero attached hydrogens (tertiary/aromatic N) is 1. The van der Waals surface area contributed by atoms with Gasteiger partial charge in [0.2, 0.25) is 0 Å². The van der Waals surface area contributed by atoms with Gasteiger partial charge in [-0.05, 0) is 26.7 Å². The van der Waals surface area contributed by atoms with Gasteiger partial charge in [-0.25, -0.2) is 0 Å². The van der Waals surface area contributed by atoms with Gasteiger partial charge in [-0.1, -0.05) is 13.3 Å². The van der Waals surface area contributed by atoms with Crippen LogP contribution in [0.1, 0.15) is 40.0 Å². The van der Waals surface area contributed by atoms with Gasteiger partial charge >= 0.3 is 0 Å². The van der Waals surface area contributed by atoms with Gasteiger partial charge in [0.1, 0.15) is 0 Å². The minimum atomic E-state index is 0.0190. The van der Waals surface area contributed by atoms with Crippen LogP contribution >= 0.6 is 0 Å². The second-order valence-electron chi connectivity index (χ2n) is 5.45. The third-order valence-corrected chi connectivity index (χ3v) is 3.56. The zero-order chi connectivity index (χ0) is 12.0. The van der Waals surface area contributed by atoms with E-state index in [0.717, 1.165) is 19.5 Å². The van der Waals surface area contributed by atoms with Crippen molar-refractivity contribution in [2.24, 2.45) is 0 Å². The molecule has 0 saturated carbocycles. The first-order chi connectivity index (χ1) is 7.57. The smallest absolute Gasteiger partial charge is 0.0634 e. The molecule has 3 nitrogen and oxygen atoms in total. The maximum absolute atomic E-state index is 5.46. The summed E-state index contributed by atoms with van der Waals surface area (Å²) in [4.78, 5) is 2.57. The molecule has 16 heavy (non-hydrogen) atoms. The number of hydrogen-bond acceptors (Lipinski definition) is 3. The van der Waals surface area contributed by atoms with Crippen LogP contribution < -0.4 is 5.32 Å². The second kappa shape index (κ2) is 6.58.